The van der Waals surface area contributed by atoms with Gasteiger partial charge in [-0.1, -0.05) is 35.3 Å². The summed E-state index contributed by atoms with van der Waals surface area (Å²) in [7, 11) is 3.81. The Hall–Kier alpha value is -2.70. The molecule has 3 aromatic heterocycles. The number of pyridine rings is 2. The van der Waals surface area contributed by atoms with Crippen molar-refractivity contribution in [3.63, 3.8) is 0 Å². The van der Waals surface area contributed by atoms with Crippen LogP contribution in [-0.2, 0) is 19.3 Å². The number of aromatic nitrogens is 4. The van der Waals surface area contributed by atoms with Gasteiger partial charge in [0.05, 0.1) is 17.6 Å². The van der Waals surface area contributed by atoms with Crippen LogP contribution in [0, 0.1) is 0 Å². The number of ketones is 1. The van der Waals surface area contributed by atoms with Crippen molar-refractivity contribution in [2.24, 2.45) is 0 Å². The van der Waals surface area contributed by atoms with Crippen LogP contribution in [0.15, 0.2) is 42.2 Å². The minimum Gasteiger partial charge on any atom is -0.383 e. The molecule has 8 heteroatoms. The number of nitrogens with zero attached hydrogens (tertiary/aromatic N) is 4. The van der Waals surface area contributed by atoms with Gasteiger partial charge in [0.2, 0.25) is 5.78 Å². The van der Waals surface area contributed by atoms with Crippen LogP contribution in [0.5, 0.6) is 0 Å². The van der Waals surface area contributed by atoms with Crippen LogP contribution in [0.25, 0.3) is 11.4 Å². The summed E-state index contributed by atoms with van der Waals surface area (Å²) < 4.78 is 0. The Morgan fingerprint density at radius 1 is 0.900 bits per heavy atom. The van der Waals surface area contributed by atoms with Crippen molar-refractivity contribution in [3.8, 4) is 11.4 Å². The van der Waals surface area contributed by atoms with Crippen LogP contribution < -0.4 is 0 Å². The number of hydrogen-bond acceptors (Lipinski definition) is 5. The van der Waals surface area contributed by atoms with Gasteiger partial charge in [-0.15, -0.1) is 0 Å². The van der Waals surface area contributed by atoms with Gasteiger partial charge in [0.15, 0.2) is 0 Å². The number of rotatable bonds is 1. The number of halogens is 2. The molecule has 2 aliphatic rings. The maximum absolute atomic E-state index is 12.1. The molecule has 0 radical (unpaired) electrons. The molecule has 2 aliphatic carbocycles. The zero-order valence-electron chi connectivity index (χ0n) is 16.7. The smallest absolute Gasteiger partial charge is 0.209 e. The van der Waals surface area contributed by atoms with Crippen molar-refractivity contribution in [1.29, 1.82) is 0 Å². The van der Waals surface area contributed by atoms with E-state index in [1.165, 1.54) is 11.1 Å². The maximum Gasteiger partial charge on any atom is 0.209 e. The second kappa shape index (κ2) is 8.58. The normalized spacial score (nSPS) is 15.6. The highest BCUT2D eigenvalue weighted by Crippen LogP contribution is 2.30. The molecule has 154 valence electrons. The number of nitrogens with one attached hydrogen (secondary N) is 1. The Balaban J connectivity index is 0.000000146. The van der Waals surface area contributed by atoms with Crippen molar-refractivity contribution < 1.29 is 4.79 Å². The predicted octanol–water partition coefficient (Wildman–Crippen LogP) is 4.53. The number of aromatic amines is 1. The summed E-state index contributed by atoms with van der Waals surface area (Å²) in [5.74, 6) is -0.00236. The second-order valence-corrected chi connectivity index (χ2v) is 8.28. The highest BCUT2D eigenvalue weighted by Gasteiger charge is 2.23. The first-order chi connectivity index (χ1) is 14.4. The molecule has 0 bridgehead atoms. The summed E-state index contributed by atoms with van der Waals surface area (Å²) >= 11 is 11.7. The van der Waals surface area contributed by atoms with Crippen molar-refractivity contribution >= 4 is 29.0 Å². The first-order valence-electron chi connectivity index (χ1n) is 9.67. The third-order valence-corrected chi connectivity index (χ3v) is 5.51. The molecule has 30 heavy (non-hydrogen) atoms. The van der Waals surface area contributed by atoms with E-state index in [2.05, 4.69) is 20.2 Å². The molecule has 0 saturated heterocycles. The van der Waals surface area contributed by atoms with Gasteiger partial charge in [-0.25, -0.2) is 9.97 Å². The molecule has 0 fully saturated rings. The van der Waals surface area contributed by atoms with Crippen LogP contribution in [0.4, 0.5) is 0 Å². The van der Waals surface area contributed by atoms with Crippen LogP contribution in [0.3, 0.4) is 0 Å². The van der Waals surface area contributed by atoms with Gasteiger partial charge >= 0.3 is 0 Å². The zero-order valence-corrected chi connectivity index (χ0v) is 18.3. The second-order valence-electron chi connectivity index (χ2n) is 7.50. The lowest BCUT2D eigenvalue weighted by Gasteiger charge is -2.18. The summed E-state index contributed by atoms with van der Waals surface area (Å²) in [6, 6.07) is 7.49. The Morgan fingerprint density at radius 3 is 2.20 bits per heavy atom. The minimum atomic E-state index is -0.00236. The van der Waals surface area contributed by atoms with E-state index in [0.29, 0.717) is 16.0 Å². The van der Waals surface area contributed by atoms with E-state index >= 15 is 0 Å². The summed E-state index contributed by atoms with van der Waals surface area (Å²) in [6.45, 7) is 0. The molecule has 3 heterocycles. The number of aryl methyl sites for hydroxylation is 3. The highest BCUT2D eigenvalue weighted by molar-refractivity contribution is 6.30. The molecule has 5 rings (SSSR count). The lowest BCUT2D eigenvalue weighted by molar-refractivity contribution is 0.101. The Kier molecular flexibility index (Phi) is 5.88. The number of hydrogen-bond donors (Lipinski definition) is 1. The standard InChI is InChI=1S/C12H13ClN2O.C10H8ClN3/c1-15(2)7-9-4-3-8-5-6-10(13)14-11(8)12(9)16;11-8-4-3-6-1-2-7-5-12-14-10(7)9(6)13-8/h5-7H,3-4H2,1-2H3;3-5H,1-2H2,(H,12,14)/b9-7+;. The van der Waals surface area contributed by atoms with Gasteiger partial charge in [0.1, 0.15) is 16.0 Å². The van der Waals surface area contributed by atoms with E-state index in [1.54, 1.807) is 6.07 Å². The highest BCUT2D eigenvalue weighted by atomic mass is 35.5. The molecule has 6 nitrogen and oxygen atoms in total. The Morgan fingerprint density at radius 2 is 1.50 bits per heavy atom. The molecule has 0 aromatic carbocycles. The number of carbonyl (C=O) groups excluding carboxylic acids is 1. The molecule has 3 aromatic rings. The monoisotopic (exact) mass is 441 g/mol. The lowest BCUT2D eigenvalue weighted by Crippen LogP contribution is -2.18. The topological polar surface area (TPSA) is 74.8 Å². The minimum absolute atomic E-state index is 0.00236. The summed E-state index contributed by atoms with van der Waals surface area (Å²) in [4.78, 5) is 22.4. The summed E-state index contributed by atoms with van der Waals surface area (Å²) in [5.41, 5.74) is 6.74. The van der Waals surface area contributed by atoms with Crippen LogP contribution in [-0.4, -0.2) is 44.9 Å². The number of H-pyrrole nitrogens is 1. The van der Waals surface area contributed by atoms with Crippen molar-refractivity contribution in [2.45, 2.75) is 25.7 Å². The van der Waals surface area contributed by atoms with Gasteiger partial charge in [0.25, 0.3) is 0 Å². The van der Waals surface area contributed by atoms with E-state index < -0.39 is 0 Å². The first kappa shape index (κ1) is 20.6. The molecule has 0 saturated carbocycles. The molecule has 0 amide bonds. The fraction of sp³-hybridized carbons (Fsp3) is 0.273. The fourth-order valence-electron chi connectivity index (χ4n) is 3.69. The Labute approximate surface area is 184 Å². The van der Waals surface area contributed by atoms with E-state index in [4.69, 9.17) is 23.2 Å². The number of Topliss-reactive ketones (excluding diaryl/α,β-unsaturated/α-hetero) is 1. The summed E-state index contributed by atoms with van der Waals surface area (Å²) in [5, 5.41) is 7.90. The number of fused-ring (bicyclic) bond motifs is 4. The van der Waals surface area contributed by atoms with Crippen LogP contribution in [0.1, 0.15) is 33.6 Å². The largest absolute Gasteiger partial charge is 0.383 e. The van der Waals surface area contributed by atoms with E-state index in [0.717, 1.165) is 48.2 Å². The predicted molar refractivity (Wildman–Crippen MR) is 118 cm³/mol. The van der Waals surface area contributed by atoms with Gasteiger partial charge in [-0.2, -0.15) is 5.10 Å². The molecule has 1 N–H and O–H groups in total. The molecular weight excluding hydrogens is 421 g/mol. The van der Waals surface area contributed by atoms with E-state index in [1.807, 2.05) is 49.6 Å². The SMILES string of the molecule is CN(C)/C=C1\CCc2ccc(Cl)nc2C1=O.Clc1ccc2c(n1)-c1[nH]ncc1CC2. The molecule has 0 atom stereocenters. The number of allylic oxidation sites excluding steroid dienone is 1. The molecule has 0 spiro atoms. The zero-order chi connectivity index (χ0) is 21.3. The number of carbonyl (C=O) groups is 1. The van der Waals surface area contributed by atoms with Gasteiger partial charge < -0.3 is 4.90 Å². The third kappa shape index (κ3) is 4.25. The van der Waals surface area contributed by atoms with E-state index in [-0.39, 0.29) is 5.78 Å². The average Bonchev–Trinajstić information content (AvgIpc) is 3.20. The lowest BCUT2D eigenvalue weighted by atomic mass is 9.91. The van der Waals surface area contributed by atoms with Crippen molar-refractivity contribution in [3.05, 3.63) is 74.9 Å². The first-order valence-corrected chi connectivity index (χ1v) is 10.4. The van der Waals surface area contributed by atoms with Crippen LogP contribution >= 0.6 is 23.2 Å². The molecule has 0 unspecified atom stereocenters. The van der Waals surface area contributed by atoms with Gasteiger partial charge in [0, 0.05) is 25.9 Å². The van der Waals surface area contributed by atoms with Crippen molar-refractivity contribution in [2.75, 3.05) is 14.1 Å². The van der Waals surface area contributed by atoms with Crippen molar-refractivity contribution in [1.82, 2.24) is 25.1 Å². The molecular formula is C22H21Cl2N5O. The quantitative estimate of drug-likeness (QED) is 0.443. The fourth-order valence-corrected chi connectivity index (χ4v) is 3.98. The molecule has 0 aliphatic heterocycles. The van der Waals surface area contributed by atoms with Crippen LogP contribution in [0.2, 0.25) is 10.3 Å². The average molecular weight is 442 g/mol. The summed E-state index contributed by atoms with van der Waals surface area (Å²) in [6.07, 6.45) is 7.39. The third-order valence-electron chi connectivity index (χ3n) is 5.09. The Bertz CT molecular complexity index is 1140. The van der Waals surface area contributed by atoms with Gasteiger partial charge in [-0.05, 0) is 54.5 Å². The maximum atomic E-state index is 12.1. The van der Waals surface area contributed by atoms with Gasteiger partial charge in [-0.3, -0.25) is 9.89 Å². The van der Waals surface area contributed by atoms with E-state index in [9.17, 15) is 4.79 Å².